The zero-order valence-electron chi connectivity index (χ0n) is 21.3. The number of aliphatic hydroxyl groups excluding tert-OH is 1. The molecule has 1 heterocycles. The molecule has 2 aromatic rings. The number of rotatable bonds is 14. The van der Waals surface area contributed by atoms with E-state index in [4.69, 9.17) is 30.0 Å². The summed E-state index contributed by atoms with van der Waals surface area (Å²) in [5, 5.41) is 8.74. The summed E-state index contributed by atoms with van der Waals surface area (Å²) in [6.45, 7) is 4.40. The molecule has 1 aromatic heterocycles. The number of nitrogens with one attached hydrogen (secondary N) is 1. The van der Waals surface area contributed by atoms with Crippen LogP contribution < -0.4 is 19.1 Å². The molecule has 0 aliphatic heterocycles. The molecule has 0 radical (unpaired) electrons. The number of benzene rings is 1. The van der Waals surface area contributed by atoms with Crippen LogP contribution in [-0.4, -0.2) is 63.6 Å². The Kier molecular flexibility index (Phi) is 12.0. The van der Waals surface area contributed by atoms with Crippen molar-refractivity contribution in [2.75, 3.05) is 37.8 Å². The summed E-state index contributed by atoms with van der Waals surface area (Å²) >= 11 is 5.98. The third-order valence-electron chi connectivity index (χ3n) is 4.60. The van der Waals surface area contributed by atoms with Crippen LogP contribution >= 0.6 is 11.6 Å². The molecular formula is C23H29ClF3N3O8S. The molecular weight excluding hydrogens is 571 g/mol. The van der Waals surface area contributed by atoms with Crippen LogP contribution in [0.5, 0.6) is 17.4 Å². The number of nitrogens with zero attached hydrogens (tertiary/aromatic N) is 2. The van der Waals surface area contributed by atoms with E-state index in [-0.39, 0.29) is 49.6 Å². The van der Waals surface area contributed by atoms with Crippen molar-refractivity contribution in [2.45, 2.75) is 39.5 Å². The standard InChI is InChI=1S/C23H29ClF3N3O8S/c1-4-9-30(22(32)38-39(33,34)29-8-11-35-15(2)3)20-18(36-12-10-31)6-5-7-19(20)37-21-17(24)13-16(14-28-21)23(25,26)27/h5-7,13-15,29,31H,4,8-12H2,1-3H3. The van der Waals surface area contributed by atoms with E-state index in [1.54, 1.807) is 20.8 Å². The van der Waals surface area contributed by atoms with Crippen LogP contribution in [0.25, 0.3) is 0 Å². The monoisotopic (exact) mass is 599 g/mol. The van der Waals surface area contributed by atoms with Crippen molar-refractivity contribution in [1.82, 2.24) is 9.71 Å². The van der Waals surface area contributed by atoms with Gasteiger partial charge in [0.05, 0.1) is 24.9 Å². The van der Waals surface area contributed by atoms with Gasteiger partial charge in [-0.2, -0.15) is 26.3 Å². The molecule has 0 saturated heterocycles. The number of aromatic nitrogens is 1. The molecule has 0 spiro atoms. The van der Waals surface area contributed by atoms with Gasteiger partial charge in [0, 0.05) is 19.3 Å². The maximum Gasteiger partial charge on any atom is 0.431 e. The molecule has 0 bridgehead atoms. The Morgan fingerprint density at radius 3 is 2.51 bits per heavy atom. The van der Waals surface area contributed by atoms with E-state index in [2.05, 4.69) is 9.71 Å². The fraction of sp³-hybridized carbons (Fsp3) is 0.478. The zero-order valence-corrected chi connectivity index (χ0v) is 22.9. The fourth-order valence-electron chi connectivity index (χ4n) is 3.03. The van der Waals surface area contributed by atoms with Crippen LogP contribution in [0.2, 0.25) is 5.02 Å². The van der Waals surface area contributed by atoms with Gasteiger partial charge in [0.25, 0.3) is 0 Å². The van der Waals surface area contributed by atoms with Gasteiger partial charge in [-0.3, -0.25) is 4.90 Å². The van der Waals surface area contributed by atoms with Crippen LogP contribution in [0.1, 0.15) is 32.8 Å². The Hall–Kier alpha value is -2.85. The van der Waals surface area contributed by atoms with E-state index in [0.29, 0.717) is 18.7 Å². The number of pyridine rings is 1. The second kappa shape index (κ2) is 14.5. The molecule has 2 N–H and O–H groups in total. The molecule has 0 saturated carbocycles. The van der Waals surface area contributed by atoms with Gasteiger partial charge in [-0.15, -0.1) is 0 Å². The van der Waals surface area contributed by atoms with E-state index in [1.165, 1.54) is 18.2 Å². The Labute approximate surface area is 229 Å². The maximum absolute atomic E-state index is 13.1. The molecule has 1 aromatic carbocycles. The Bertz CT molecular complexity index is 1220. The lowest BCUT2D eigenvalue weighted by molar-refractivity contribution is -0.137. The van der Waals surface area contributed by atoms with Gasteiger partial charge < -0.3 is 23.5 Å². The lowest BCUT2D eigenvalue weighted by Gasteiger charge is -2.26. The third-order valence-corrected chi connectivity index (χ3v) is 5.79. The Morgan fingerprint density at radius 2 is 1.92 bits per heavy atom. The van der Waals surface area contributed by atoms with E-state index in [1.807, 2.05) is 0 Å². The summed E-state index contributed by atoms with van der Waals surface area (Å²) in [5.41, 5.74) is -1.23. The second-order valence-electron chi connectivity index (χ2n) is 8.05. The molecule has 0 unspecified atom stereocenters. The predicted octanol–water partition coefficient (Wildman–Crippen LogP) is 4.53. The van der Waals surface area contributed by atoms with Gasteiger partial charge >= 0.3 is 22.6 Å². The number of halogens is 4. The maximum atomic E-state index is 13.1. The van der Waals surface area contributed by atoms with Crippen molar-refractivity contribution in [3.05, 3.63) is 41.0 Å². The lowest BCUT2D eigenvalue weighted by Crippen LogP contribution is -2.38. The minimum atomic E-state index is -4.69. The number of carbonyl (C=O) groups is 1. The number of amides is 1. The van der Waals surface area contributed by atoms with Crippen molar-refractivity contribution < 1.29 is 49.9 Å². The molecule has 0 atom stereocenters. The van der Waals surface area contributed by atoms with Crippen molar-refractivity contribution in [2.24, 2.45) is 0 Å². The highest BCUT2D eigenvalue weighted by atomic mass is 35.5. The Balaban J connectivity index is 2.43. The topological polar surface area (TPSA) is 137 Å². The smallest absolute Gasteiger partial charge is 0.431 e. The van der Waals surface area contributed by atoms with E-state index >= 15 is 0 Å². The van der Waals surface area contributed by atoms with E-state index in [0.717, 1.165) is 4.90 Å². The first-order chi connectivity index (χ1) is 18.3. The predicted molar refractivity (Wildman–Crippen MR) is 135 cm³/mol. The first kappa shape index (κ1) is 32.4. The Morgan fingerprint density at radius 1 is 1.23 bits per heavy atom. The van der Waals surface area contributed by atoms with Crippen molar-refractivity contribution in [3.8, 4) is 17.4 Å². The first-order valence-corrected chi connectivity index (χ1v) is 13.5. The molecule has 11 nitrogen and oxygen atoms in total. The number of ether oxygens (including phenoxy) is 3. The molecule has 0 aliphatic carbocycles. The minimum Gasteiger partial charge on any atom is -0.489 e. The van der Waals surface area contributed by atoms with Crippen LogP contribution in [0, 0.1) is 0 Å². The quantitative estimate of drug-likeness (QED) is 0.300. The van der Waals surface area contributed by atoms with Crippen LogP contribution in [-0.2, 0) is 25.4 Å². The average Bonchev–Trinajstić information content (AvgIpc) is 2.84. The summed E-state index contributed by atoms with van der Waals surface area (Å²) in [5.74, 6) is -0.610. The molecule has 1 amide bonds. The summed E-state index contributed by atoms with van der Waals surface area (Å²) in [7, 11) is -4.56. The van der Waals surface area contributed by atoms with Crippen LogP contribution in [0.4, 0.5) is 23.7 Å². The zero-order chi connectivity index (χ0) is 29.2. The highest BCUT2D eigenvalue weighted by Gasteiger charge is 2.33. The summed E-state index contributed by atoms with van der Waals surface area (Å²) < 4.78 is 87.0. The molecule has 39 heavy (non-hydrogen) atoms. The normalized spacial score (nSPS) is 11.9. The van der Waals surface area contributed by atoms with Crippen molar-refractivity contribution in [1.29, 1.82) is 0 Å². The fourth-order valence-corrected chi connectivity index (χ4v) is 3.90. The van der Waals surface area contributed by atoms with Crippen LogP contribution in [0.15, 0.2) is 30.5 Å². The third kappa shape index (κ3) is 10.0. The van der Waals surface area contributed by atoms with Gasteiger partial charge in [0.15, 0.2) is 5.75 Å². The first-order valence-electron chi connectivity index (χ1n) is 11.7. The van der Waals surface area contributed by atoms with Crippen molar-refractivity contribution in [3.63, 3.8) is 0 Å². The van der Waals surface area contributed by atoms with Gasteiger partial charge in [0.1, 0.15) is 23.1 Å². The summed E-state index contributed by atoms with van der Waals surface area (Å²) in [4.78, 5) is 17.6. The number of carbonyl (C=O) groups excluding carboxylic acids is 1. The molecule has 218 valence electrons. The number of hydrogen-bond donors (Lipinski definition) is 2. The second-order valence-corrected chi connectivity index (χ2v) is 9.83. The van der Waals surface area contributed by atoms with Gasteiger partial charge in [-0.25, -0.2) is 9.78 Å². The molecule has 0 fully saturated rings. The molecule has 0 aliphatic rings. The van der Waals surface area contributed by atoms with Gasteiger partial charge in [-0.1, -0.05) is 24.6 Å². The van der Waals surface area contributed by atoms with E-state index in [9.17, 15) is 31.5 Å². The van der Waals surface area contributed by atoms with Crippen molar-refractivity contribution >= 4 is 33.7 Å². The molecule has 2 rings (SSSR count). The highest BCUT2D eigenvalue weighted by Crippen LogP contribution is 2.42. The molecule has 16 heteroatoms. The van der Waals surface area contributed by atoms with E-state index < -0.39 is 45.6 Å². The van der Waals surface area contributed by atoms with Gasteiger partial charge in [0.2, 0.25) is 5.88 Å². The number of aliphatic hydroxyl groups is 1. The average molecular weight is 600 g/mol. The largest absolute Gasteiger partial charge is 0.489 e. The number of para-hydroxylation sites is 1. The SMILES string of the molecule is CCCN(C(=O)OS(=O)(=O)NCCOC(C)C)c1c(OCCO)cccc1Oc1ncc(C(F)(F)F)cc1Cl. The summed E-state index contributed by atoms with van der Waals surface area (Å²) in [6, 6.07) is 4.80. The number of hydrogen-bond acceptors (Lipinski definition) is 9. The number of anilines is 1. The minimum absolute atomic E-state index is 0.0225. The van der Waals surface area contributed by atoms with Crippen LogP contribution in [0.3, 0.4) is 0 Å². The lowest BCUT2D eigenvalue weighted by atomic mass is 10.2. The number of alkyl halides is 3. The highest BCUT2D eigenvalue weighted by molar-refractivity contribution is 7.85. The summed E-state index contributed by atoms with van der Waals surface area (Å²) in [6.07, 6.45) is -5.32. The van der Waals surface area contributed by atoms with Gasteiger partial charge in [-0.05, 0) is 38.5 Å².